The first-order valence-electron chi connectivity index (χ1n) is 11.7. The highest BCUT2D eigenvalue weighted by atomic mass is 16.6. The molecule has 13 nitrogen and oxygen atoms in total. The van der Waals surface area contributed by atoms with Crippen molar-refractivity contribution < 1.29 is 29.0 Å². The molecule has 0 radical (unpaired) electrons. The van der Waals surface area contributed by atoms with Crippen LogP contribution in [0.15, 0.2) is 12.7 Å². The van der Waals surface area contributed by atoms with Gasteiger partial charge in [0.15, 0.2) is 23.7 Å². The highest BCUT2D eigenvalue weighted by Gasteiger charge is 2.30. The SMILES string of the molecule is CC(C)(C)OC(=O)NC1CCN(c2ncnc3c2ncn3COC(=O)N2CCC(C(=O)O)CC2)C1. The van der Waals surface area contributed by atoms with Gasteiger partial charge in [-0.05, 0) is 40.0 Å². The number of aliphatic carboxylic acids is 1. The Balaban J connectivity index is 1.35. The van der Waals surface area contributed by atoms with Crippen molar-refractivity contribution in [2.45, 2.75) is 58.4 Å². The van der Waals surface area contributed by atoms with Gasteiger partial charge in [-0.3, -0.25) is 9.36 Å². The summed E-state index contributed by atoms with van der Waals surface area (Å²) in [5.74, 6) is -0.607. The third kappa shape index (κ3) is 5.89. The molecule has 2 aromatic heterocycles. The van der Waals surface area contributed by atoms with Crippen LogP contribution in [-0.4, -0.2) is 85.5 Å². The summed E-state index contributed by atoms with van der Waals surface area (Å²) in [6, 6.07) is -0.0804. The molecular weight excluding hydrogens is 458 g/mol. The van der Waals surface area contributed by atoms with Gasteiger partial charge in [-0.2, -0.15) is 0 Å². The molecule has 0 aromatic carbocycles. The number of imidazole rings is 1. The lowest BCUT2D eigenvalue weighted by molar-refractivity contribution is -0.143. The maximum Gasteiger partial charge on any atom is 0.411 e. The number of carbonyl (C=O) groups excluding carboxylic acids is 2. The van der Waals surface area contributed by atoms with Gasteiger partial charge in [0.1, 0.15) is 11.9 Å². The summed E-state index contributed by atoms with van der Waals surface area (Å²) < 4.78 is 12.4. The summed E-state index contributed by atoms with van der Waals surface area (Å²) in [5, 5.41) is 12.0. The van der Waals surface area contributed by atoms with E-state index in [2.05, 4.69) is 20.3 Å². The third-order valence-electron chi connectivity index (χ3n) is 6.02. The summed E-state index contributed by atoms with van der Waals surface area (Å²) in [7, 11) is 0. The number of aromatic nitrogens is 4. The lowest BCUT2D eigenvalue weighted by Gasteiger charge is -2.29. The number of alkyl carbamates (subject to hydrolysis) is 1. The molecule has 1 unspecified atom stereocenters. The van der Waals surface area contributed by atoms with Gasteiger partial charge in [0.25, 0.3) is 0 Å². The Bertz CT molecular complexity index is 1090. The van der Waals surface area contributed by atoms with Crippen LogP contribution in [-0.2, 0) is 21.0 Å². The second kappa shape index (κ2) is 9.92. The molecule has 0 aliphatic carbocycles. The van der Waals surface area contributed by atoms with Gasteiger partial charge < -0.3 is 29.7 Å². The fourth-order valence-electron chi connectivity index (χ4n) is 4.26. The Labute approximate surface area is 202 Å². The number of carbonyl (C=O) groups is 3. The molecule has 2 amide bonds. The van der Waals surface area contributed by atoms with Gasteiger partial charge in [0.2, 0.25) is 0 Å². The molecule has 2 fully saturated rings. The molecule has 2 saturated heterocycles. The molecule has 2 aromatic rings. The Morgan fingerprint density at radius 2 is 1.86 bits per heavy atom. The van der Waals surface area contributed by atoms with E-state index in [0.29, 0.717) is 56.0 Å². The van der Waals surface area contributed by atoms with Gasteiger partial charge in [-0.1, -0.05) is 0 Å². The van der Waals surface area contributed by atoms with Crippen molar-refractivity contribution in [1.29, 1.82) is 0 Å². The maximum absolute atomic E-state index is 12.4. The van der Waals surface area contributed by atoms with Crippen molar-refractivity contribution in [3.05, 3.63) is 12.7 Å². The lowest BCUT2D eigenvalue weighted by atomic mass is 9.97. The number of ether oxygens (including phenoxy) is 2. The highest BCUT2D eigenvalue weighted by Crippen LogP contribution is 2.25. The number of likely N-dealkylation sites (tertiary alicyclic amines) is 1. The Morgan fingerprint density at radius 1 is 1.11 bits per heavy atom. The summed E-state index contributed by atoms with van der Waals surface area (Å²) in [6.07, 6.45) is 3.59. The standard InChI is InChI=1S/C22H31N7O6/c1-22(2,3)35-20(32)26-15-6-9-28(10-15)17-16-18(24-11-23-17)29(12-25-16)13-34-21(33)27-7-4-14(5-8-27)19(30)31/h11-12,14-15H,4-10,13H2,1-3H3,(H,26,32)(H,30,31). The van der Waals surface area contributed by atoms with Crippen molar-refractivity contribution in [3.8, 4) is 0 Å². The summed E-state index contributed by atoms with van der Waals surface area (Å²) in [5.41, 5.74) is 0.534. The van der Waals surface area contributed by atoms with Gasteiger partial charge >= 0.3 is 18.2 Å². The molecule has 13 heteroatoms. The first kappa shape index (κ1) is 24.5. The van der Waals surface area contributed by atoms with Crippen molar-refractivity contribution in [2.75, 3.05) is 31.1 Å². The molecule has 0 spiro atoms. The molecule has 0 saturated carbocycles. The van der Waals surface area contributed by atoms with Gasteiger partial charge in [0.05, 0.1) is 18.3 Å². The van der Waals surface area contributed by atoms with Crippen LogP contribution in [0.3, 0.4) is 0 Å². The van der Waals surface area contributed by atoms with Crippen LogP contribution >= 0.6 is 0 Å². The molecule has 2 aliphatic rings. The second-order valence-corrected chi connectivity index (χ2v) is 9.80. The minimum Gasteiger partial charge on any atom is -0.481 e. The van der Waals surface area contributed by atoms with E-state index in [-0.39, 0.29) is 12.8 Å². The van der Waals surface area contributed by atoms with Gasteiger partial charge in [-0.25, -0.2) is 24.5 Å². The molecule has 2 N–H and O–H groups in total. The van der Waals surface area contributed by atoms with Crippen LogP contribution in [0.5, 0.6) is 0 Å². The van der Waals surface area contributed by atoms with E-state index in [0.717, 1.165) is 6.42 Å². The normalized spacial score (nSPS) is 19.1. The number of hydrogen-bond donors (Lipinski definition) is 2. The minimum absolute atomic E-state index is 0.0759. The quantitative estimate of drug-likeness (QED) is 0.636. The summed E-state index contributed by atoms with van der Waals surface area (Å²) in [6.45, 7) is 7.31. The first-order chi connectivity index (χ1) is 16.6. The fourth-order valence-corrected chi connectivity index (χ4v) is 4.26. The van der Waals surface area contributed by atoms with E-state index in [9.17, 15) is 14.4 Å². The number of rotatable bonds is 5. The zero-order valence-electron chi connectivity index (χ0n) is 20.1. The zero-order valence-corrected chi connectivity index (χ0v) is 20.1. The molecule has 2 aliphatic heterocycles. The van der Waals surface area contributed by atoms with Crippen LogP contribution in [0, 0.1) is 5.92 Å². The van der Waals surface area contributed by atoms with E-state index in [4.69, 9.17) is 14.6 Å². The second-order valence-electron chi connectivity index (χ2n) is 9.80. The molecule has 35 heavy (non-hydrogen) atoms. The average molecular weight is 490 g/mol. The summed E-state index contributed by atoms with van der Waals surface area (Å²) in [4.78, 5) is 52.3. The van der Waals surface area contributed by atoms with Gasteiger partial charge in [-0.15, -0.1) is 0 Å². The smallest absolute Gasteiger partial charge is 0.411 e. The van der Waals surface area contributed by atoms with Crippen LogP contribution in [0.2, 0.25) is 0 Å². The number of anilines is 1. The number of amides is 2. The van der Waals surface area contributed by atoms with E-state index < -0.39 is 29.7 Å². The number of nitrogens with zero attached hydrogens (tertiary/aromatic N) is 6. The molecule has 1 atom stereocenters. The van der Waals surface area contributed by atoms with E-state index in [1.54, 1.807) is 10.9 Å². The predicted octanol–water partition coefficient (Wildman–Crippen LogP) is 1.82. The number of piperidine rings is 1. The highest BCUT2D eigenvalue weighted by molar-refractivity contribution is 5.83. The van der Waals surface area contributed by atoms with Crippen LogP contribution in [0.25, 0.3) is 11.2 Å². The van der Waals surface area contributed by atoms with E-state index in [1.807, 2.05) is 25.7 Å². The molecule has 4 heterocycles. The largest absolute Gasteiger partial charge is 0.481 e. The Morgan fingerprint density at radius 3 is 2.54 bits per heavy atom. The number of nitrogens with one attached hydrogen (secondary N) is 1. The first-order valence-corrected chi connectivity index (χ1v) is 11.7. The number of hydrogen-bond acceptors (Lipinski definition) is 9. The number of fused-ring (bicyclic) bond motifs is 1. The topological polar surface area (TPSA) is 152 Å². The molecule has 190 valence electrons. The molecule has 0 bridgehead atoms. The minimum atomic E-state index is -0.830. The van der Waals surface area contributed by atoms with Crippen molar-refractivity contribution in [3.63, 3.8) is 0 Å². The van der Waals surface area contributed by atoms with Crippen molar-refractivity contribution in [2.24, 2.45) is 5.92 Å². The lowest BCUT2D eigenvalue weighted by Crippen LogP contribution is -2.40. The monoisotopic (exact) mass is 489 g/mol. The average Bonchev–Trinajstić information content (AvgIpc) is 3.43. The van der Waals surface area contributed by atoms with E-state index >= 15 is 0 Å². The van der Waals surface area contributed by atoms with Crippen molar-refractivity contribution in [1.82, 2.24) is 29.7 Å². The van der Waals surface area contributed by atoms with Crippen LogP contribution < -0.4 is 10.2 Å². The fraction of sp³-hybridized carbons (Fsp3) is 0.636. The maximum atomic E-state index is 12.4. The zero-order chi connectivity index (χ0) is 25.2. The van der Waals surface area contributed by atoms with Gasteiger partial charge in [0, 0.05) is 26.2 Å². The van der Waals surface area contributed by atoms with Crippen LogP contribution in [0.1, 0.15) is 40.0 Å². The number of carboxylic acids is 1. The Kier molecular flexibility index (Phi) is 6.94. The summed E-state index contributed by atoms with van der Waals surface area (Å²) >= 11 is 0. The molecule has 4 rings (SSSR count). The molecular formula is C22H31N7O6. The van der Waals surface area contributed by atoms with Crippen molar-refractivity contribution >= 4 is 35.1 Å². The Hall–Kier alpha value is -3.64. The van der Waals surface area contributed by atoms with Crippen LogP contribution in [0.4, 0.5) is 15.4 Å². The predicted molar refractivity (Wildman–Crippen MR) is 124 cm³/mol. The third-order valence-corrected chi connectivity index (χ3v) is 6.02. The van der Waals surface area contributed by atoms with E-state index in [1.165, 1.54) is 11.2 Å². The number of carboxylic acid groups (broad SMARTS) is 1.